The summed E-state index contributed by atoms with van der Waals surface area (Å²) in [7, 11) is -2.96. The fraction of sp³-hybridized carbons (Fsp3) is 0.400. The van der Waals surface area contributed by atoms with Gasteiger partial charge in [-0.3, -0.25) is 0 Å². The Hall–Kier alpha value is -0.830. The summed E-state index contributed by atoms with van der Waals surface area (Å²) in [5.74, 6) is 0.208. The zero-order chi connectivity index (χ0) is 10.3. The highest BCUT2D eigenvalue weighted by Crippen LogP contribution is 1.96. The largest absolute Gasteiger partial charge is 0.228 e. The second-order valence-corrected chi connectivity index (χ2v) is 5.18. The fourth-order valence-electron chi connectivity index (χ4n) is 0.660. The lowest BCUT2D eigenvalue weighted by molar-refractivity contribution is 0.601. The second kappa shape index (κ2) is 5.75. The predicted octanol–water partition coefficient (Wildman–Crippen LogP) is 2.11. The van der Waals surface area contributed by atoms with Crippen LogP contribution in [0.5, 0.6) is 0 Å². The fourth-order valence-corrected chi connectivity index (χ4v) is 1.79. The number of hydrogen-bond donors (Lipinski definition) is 0. The maximum atomic E-state index is 11.3. The van der Waals surface area contributed by atoms with Gasteiger partial charge in [0.1, 0.15) is 0 Å². The van der Waals surface area contributed by atoms with Crippen LogP contribution >= 0.6 is 0 Å². The van der Waals surface area contributed by atoms with Gasteiger partial charge in [-0.2, -0.15) is 0 Å². The van der Waals surface area contributed by atoms with Crippen LogP contribution in [-0.2, 0) is 9.84 Å². The van der Waals surface area contributed by atoms with Crippen LogP contribution in [0.1, 0.15) is 13.8 Å². The first-order valence-electron chi connectivity index (χ1n) is 4.09. The molecule has 74 valence electrons. The normalized spacial score (nSPS) is 11.5. The number of rotatable bonds is 5. The Bertz CT molecular complexity index is 304. The zero-order valence-electron chi connectivity index (χ0n) is 8.16. The van der Waals surface area contributed by atoms with E-state index in [1.54, 1.807) is 24.3 Å². The third kappa shape index (κ3) is 7.53. The van der Waals surface area contributed by atoms with Crippen molar-refractivity contribution in [2.45, 2.75) is 13.8 Å². The topological polar surface area (TPSA) is 34.1 Å². The van der Waals surface area contributed by atoms with E-state index in [0.717, 1.165) is 5.57 Å². The molecule has 0 aromatic rings. The molecule has 0 aromatic heterocycles. The van der Waals surface area contributed by atoms with E-state index in [1.165, 1.54) is 0 Å². The van der Waals surface area contributed by atoms with Gasteiger partial charge in [-0.1, -0.05) is 36.5 Å². The quantitative estimate of drug-likeness (QED) is 0.503. The molecule has 0 atom stereocenters. The SMILES string of the molecule is C=C/C=C/CS(=O)(=O)CC=C(C)C. The van der Waals surface area contributed by atoms with Crippen LogP contribution < -0.4 is 0 Å². The molecular formula is C10H16O2S. The molecule has 0 aliphatic heterocycles. The van der Waals surface area contributed by atoms with E-state index in [4.69, 9.17) is 0 Å². The van der Waals surface area contributed by atoms with E-state index in [9.17, 15) is 8.42 Å². The summed E-state index contributed by atoms with van der Waals surface area (Å²) >= 11 is 0. The Balaban J connectivity index is 4.18. The average molecular weight is 200 g/mol. The van der Waals surface area contributed by atoms with Crippen molar-refractivity contribution in [3.63, 3.8) is 0 Å². The summed E-state index contributed by atoms with van der Waals surface area (Å²) in [5, 5.41) is 0. The summed E-state index contributed by atoms with van der Waals surface area (Å²) in [5.41, 5.74) is 1.02. The lowest BCUT2D eigenvalue weighted by atomic mass is 10.3. The van der Waals surface area contributed by atoms with E-state index in [1.807, 2.05) is 13.8 Å². The molecule has 0 amide bonds. The van der Waals surface area contributed by atoms with Crippen molar-refractivity contribution in [2.24, 2.45) is 0 Å². The molecule has 0 bridgehead atoms. The van der Waals surface area contributed by atoms with Crippen molar-refractivity contribution in [3.8, 4) is 0 Å². The molecule has 0 saturated carbocycles. The van der Waals surface area contributed by atoms with Crippen molar-refractivity contribution in [3.05, 3.63) is 36.5 Å². The standard InChI is InChI=1S/C10H16O2S/c1-4-5-6-8-13(11,12)9-7-10(2)3/h4-7H,1,8-9H2,2-3H3/b6-5+. The van der Waals surface area contributed by atoms with Crippen molar-refractivity contribution in [1.82, 2.24) is 0 Å². The lowest BCUT2D eigenvalue weighted by Crippen LogP contribution is -2.07. The highest BCUT2D eigenvalue weighted by molar-refractivity contribution is 7.91. The molecule has 0 saturated heterocycles. The zero-order valence-corrected chi connectivity index (χ0v) is 8.97. The van der Waals surface area contributed by atoms with Crippen molar-refractivity contribution < 1.29 is 8.42 Å². The minimum absolute atomic E-state index is 0.0861. The van der Waals surface area contributed by atoms with E-state index in [-0.39, 0.29) is 11.5 Å². The Labute approximate surface area is 80.6 Å². The predicted molar refractivity (Wildman–Crippen MR) is 57.4 cm³/mol. The molecule has 0 aliphatic rings. The van der Waals surface area contributed by atoms with Gasteiger partial charge in [0.15, 0.2) is 9.84 Å². The molecule has 0 fully saturated rings. The van der Waals surface area contributed by atoms with Gasteiger partial charge in [-0.15, -0.1) is 0 Å². The molecule has 0 aromatic carbocycles. The summed E-state index contributed by atoms with van der Waals surface area (Å²) in [6, 6.07) is 0. The van der Waals surface area contributed by atoms with Gasteiger partial charge in [0.05, 0.1) is 11.5 Å². The molecule has 0 N–H and O–H groups in total. The van der Waals surface area contributed by atoms with Gasteiger partial charge in [-0.25, -0.2) is 8.42 Å². The first-order chi connectivity index (χ1) is 5.98. The van der Waals surface area contributed by atoms with Crippen LogP contribution in [0.4, 0.5) is 0 Å². The molecule has 3 heteroatoms. The molecule has 0 radical (unpaired) electrons. The Morgan fingerprint density at radius 1 is 1.31 bits per heavy atom. The second-order valence-electron chi connectivity index (χ2n) is 3.02. The van der Waals surface area contributed by atoms with Gasteiger partial charge in [0, 0.05) is 0 Å². The first kappa shape index (κ1) is 12.2. The average Bonchev–Trinajstić information content (AvgIpc) is 2.02. The third-order valence-electron chi connectivity index (χ3n) is 1.37. The van der Waals surface area contributed by atoms with Crippen LogP contribution in [0, 0.1) is 0 Å². The molecule has 0 spiro atoms. The summed E-state index contributed by atoms with van der Waals surface area (Å²) < 4.78 is 22.6. The minimum Gasteiger partial charge on any atom is -0.228 e. The summed E-state index contributed by atoms with van der Waals surface area (Å²) in [4.78, 5) is 0. The first-order valence-corrected chi connectivity index (χ1v) is 5.91. The van der Waals surface area contributed by atoms with Crippen LogP contribution in [0.2, 0.25) is 0 Å². The molecule has 13 heavy (non-hydrogen) atoms. The lowest BCUT2D eigenvalue weighted by Gasteiger charge is -1.96. The van der Waals surface area contributed by atoms with Gasteiger partial charge >= 0.3 is 0 Å². The van der Waals surface area contributed by atoms with E-state index in [2.05, 4.69) is 6.58 Å². The molecule has 0 unspecified atom stereocenters. The highest BCUT2D eigenvalue weighted by Gasteiger charge is 2.04. The van der Waals surface area contributed by atoms with Gasteiger partial charge < -0.3 is 0 Å². The van der Waals surface area contributed by atoms with Gasteiger partial charge in [0.2, 0.25) is 0 Å². The summed E-state index contributed by atoms with van der Waals surface area (Å²) in [6.45, 7) is 7.23. The Morgan fingerprint density at radius 3 is 2.38 bits per heavy atom. The maximum absolute atomic E-state index is 11.3. The maximum Gasteiger partial charge on any atom is 0.157 e. The van der Waals surface area contributed by atoms with Crippen LogP contribution in [0.15, 0.2) is 36.5 Å². The van der Waals surface area contributed by atoms with Gasteiger partial charge in [0.25, 0.3) is 0 Å². The highest BCUT2D eigenvalue weighted by atomic mass is 32.2. The Kier molecular flexibility index (Phi) is 5.39. The van der Waals surface area contributed by atoms with E-state index < -0.39 is 9.84 Å². The van der Waals surface area contributed by atoms with Crippen molar-refractivity contribution in [2.75, 3.05) is 11.5 Å². The smallest absolute Gasteiger partial charge is 0.157 e. The molecular weight excluding hydrogens is 184 g/mol. The molecule has 0 heterocycles. The molecule has 2 nitrogen and oxygen atoms in total. The van der Waals surface area contributed by atoms with Crippen LogP contribution in [0.3, 0.4) is 0 Å². The van der Waals surface area contributed by atoms with Crippen molar-refractivity contribution in [1.29, 1.82) is 0 Å². The minimum atomic E-state index is -2.96. The van der Waals surface area contributed by atoms with Crippen molar-refractivity contribution >= 4 is 9.84 Å². The van der Waals surface area contributed by atoms with E-state index in [0.29, 0.717) is 0 Å². The Morgan fingerprint density at radius 2 is 1.92 bits per heavy atom. The van der Waals surface area contributed by atoms with Crippen LogP contribution in [-0.4, -0.2) is 19.9 Å². The third-order valence-corrected chi connectivity index (χ3v) is 2.74. The van der Waals surface area contributed by atoms with Gasteiger partial charge in [-0.05, 0) is 13.8 Å². The number of hydrogen-bond acceptors (Lipinski definition) is 2. The van der Waals surface area contributed by atoms with Crippen LogP contribution in [0.25, 0.3) is 0 Å². The van der Waals surface area contributed by atoms with E-state index >= 15 is 0 Å². The summed E-state index contributed by atoms with van der Waals surface area (Å²) in [6.07, 6.45) is 6.52. The number of allylic oxidation sites excluding steroid dienone is 3. The molecule has 0 aliphatic carbocycles. The molecule has 0 rings (SSSR count). The number of sulfone groups is 1. The monoisotopic (exact) mass is 200 g/mol.